The summed E-state index contributed by atoms with van der Waals surface area (Å²) in [5.74, 6) is 0.200. The molecule has 4 nitrogen and oxygen atoms in total. The lowest BCUT2D eigenvalue weighted by Crippen LogP contribution is -2.46. The monoisotopic (exact) mass is 280 g/mol. The zero-order chi connectivity index (χ0) is 13.2. The van der Waals surface area contributed by atoms with Crippen molar-refractivity contribution in [2.24, 2.45) is 0 Å². The summed E-state index contributed by atoms with van der Waals surface area (Å²) in [5, 5.41) is 11.8. The smallest absolute Gasteiger partial charge is 0.237 e. The van der Waals surface area contributed by atoms with Crippen LogP contribution in [0.4, 0.5) is 0 Å². The summed E-state index contributed by atoms with van der Waals surface area (Å²) in [5.41, 5.74) is 1.31. The molecule has 3 rings (SSSR count). The predicted molar refractivity (Wildman–Crippen MR) is 75.1 cm³/mol. The SMILES string of the molecule is O=C(CN1CCC[C@H](O)C1)N1CCc2sccc2C1. The number of rotatable bonds is 2. The maximum atomic E-state index is 12.3. The van der Waals surface area contributed by atoms with Crippen LogP contribution in [0, 0.1) is 0 Å². The van der Waals surface area contributed by atoms with Crippen molar-refractivity contribution in [3.63, 3.8) is 0 Å². The van der Waals surface area contributed by atoms with E-state index >= 15 is 0 Å². The first-order valence-corrected chi connectivity index (χ1v) is 7.84. The van der Waals surface area contributed by atoms with Gasteiger partial charge in [-0.3, -0.25) is 9.69 Å². The summed E-state index contributed by atoms with van der Waals surface area (Å²) < 4.78 is 0. The molecule has 1 aromatic rings. The minimum atomic E-state index is -0.258. The van der Waals surface area contributed by atoms with Crippen LogP contribution in [-0.4, -0.2) is 53.1 Å². The van der Waals surface area contributed by atoms with E-state index in [0.29, 0.717) is 13.1 Å². The van der Waals surface area contributed by atoms with Gasteiger partial charge < -0.3 is 10.0 Å². The van der Waals surface area contributed by atoms with Gasteiger partial charge in [0.15, 0.2) is 0 Å². The zero-order valence-electron chi connectivity index (χ0n) is 11.0. The van der Waals surface area contributed by atoms with Crippen molar-refractivity contribution in [1.29, 1.82) is 0 Å². The molecule has 0 saturated carbocycles. The largest absolute Gasteiger partial charge is 0.392 e. The lowest BCUT2D eigenvalue weighted by molar-refractivity contribution is -0.134. The molecule has 0 radical (unpaired) electrons. The molecule has 3 heterocycles. The molecule has 1 aromatic heterocycles. The highest BCUT2D eigenvalue weighted by molar-refractivity contribution is 7.10. The molecule has 19 heavy (non-hydrogen) atoms. The van der Waals surface area contributed by atoms with Crippen molar-refractivity contribution >= 4 is 17.2 Å². The first kappa shape index (κ1) is 13.1. The standard InChI is InChI=1S/C14H20N2O2S/c17-12-2-1-5-15(9-12)10-14(18)16-6-3-13-11(8-16)4-7-19-13/h4,7,12,17H,1-3,5-6,8-10H2/t12-/m0/s1. The first-order valence-electron chi connectivity index (χ1n) is 6.96. The van der Waals surface area contributed by atoms with Crippen LogP contribution in [0.1, 0.15) is 23.3 Å². The fourth-order valence-electron chi connectivity index (χ4n) is 2.93. The normalized spacial score (nSPS) is 24.3. The summed E-state index contributed by atoms with van der Waals surface area (Å²) in [6, 6.07) is 2.13. The molecular formula is C14H20N2O2S. The third-order valence-corrected chi connectivity index (χ3v) is 5.02. The number of hydrogen-bond acceptors (Lipinski definition) is 4. The predicted octanol–water partition coefficient (Wildman–Crippen LogP) is 1.09. The molecule has 1 fully saturated rings. The van der Waals surface area contributed by atoms with Crippen molar-refractivity contribution in [3.8, 4) is 0 Å². The van der Waals surface area contributed by atoms with Gasteiger partial charge in [-0.15, -0.1) is 11.3 Å². The number of piperidine rings is 1. The second kappa shape index (κ2) is 5.61. The number of carbonyl (C=O) groups is 1. The third kappa shape index (κ3) is 2.99. The first-order chi connectivity index (χ1) is 9.22. The highest BCUT2D eigenvalue weighted by atomic mass is 32.1. The van der Waals surface area contributed by atoms with Crippen molar-refractivity contribution in [1.82, 2.24) is 9.80 Å². The van der Waals surface area contributed by atoms with Gasteiger partial charge in [-0.25, -0.2) is 0 Å². The van der Waals surface area contributed by atoms with Crippen LogP contribution in [0.2, 0.25) is 0 Å². The molecule has 0 aromatic carbocycles. The van der Waals surface area contributed by atoms with Crippen molar-refractivity contribution in [3.05, 3.63) is 21.9 Å². The fourth-order valence-corrected chi connectivity index (χ4v) is 3.82. The van der Waals surface area contributed by atoms with Gasteiger partial charge in [-0.1, -0.05) is 0 Å². The summed E-state index contributed by atoms with van der Waals surface area (Å²) in [6.45, 7) is 3.62. The second-order valence-corrected chi connectivity index (χ2v) is 6.47. The number of aliphatic hydroxyl groups is 1. The van der Waals surface area contributed by atoms with Gasteiger partial charge in [0.1, 0.15) is 0 Å². The molecule has 104 valence electrons. The van der Waals surface area contributed by atoms with Gasteiger partial charge in [0.2, 0.25) is 5.91 Å². The quantitative estimate of drug-likeness (QED) is 0.882. The lowest BCUT2D eigenvalue weighted by atomic mass is 10.1. The molecule has 1 atom stereocenters. The number of hydrogen-bond donors (Lipinski definition) is 1. The van der Waals surface area contributed by atoms with E-state index in [9.17, 15) is 9.90 Å². The number of thiophene rings is 1. The Balaban J connectivity index is 1.56. The maximum Gasteiger partial charge on any atom is 0.237 e. The molecular weight excluding hydrogens is 260 g/mol. The van der Waals surface area contributed by atoms with Crippen molar-refractivity contribution in [2.75, 3.05) is 26.2 Å². The Labute approximate surface area is 117 Å². The Hall–Kier alpha value is -0.910. The van der Waals surface area contributed by atoms with Crippen LogP contribution >= 0.6 is 11.3 Å². The van der Waals surface area contributed by atoms with E-state index in [1.165, 1.54) is 10.4 Å². The van der Waals surface area contributed by atoms with E-state index < -0.39 is 0 Å². The number of carbonyl (C=O) groups excluding carboxylic acids is 1. The highest BCUT2D eigenvalue weighted by Crippen LogP contribution is 2.24. The van der Waals surface area contributed by atoms with E-state index in [4.69, 9.17) is 0 Å². The molecule has 5 heteroatoms. The molecule has 2 aliphatic rings. The van der Waals surface area contributed by atoms with Crippen LogP contribution in [-0.2, 0) is 17.8 Å². The summed E-state index contributed by atoms with van der Waals surface area (Å²) >= 11 is 1.79. The topological polar surface area (TPSA) is 43.8 Å². The third-order valence-electron chi connectivity index (χ3n) is 4.00. The van der Waals surface area contributed by atoms with Crippen LogP contribution in [0.15, 0.2) is 11.4 Å². The van der Waals surface area contributed by atoms with Gasteiger partial charge >= 0.3 is 0 Å². The van der Waals surface area contributed by atoms with Gasteiger partial charge in [0.25, 0.3) is 0 Å². The van der Waals surface area contributed by atoms with Crippen LogP contribution in [0.25, 0.3) is 0 Å². The van der Waals surface area contributed by atoms with E-state index in [0.717, 1.165) is 38.9 Å². The fraction of sp³-hybridized carbons (Fsp3) is 0.643. The summed E-state index contributed by atoms with van der Waals surface area (Å²) in [6.07, 6.45) is 2.59. The molecule has 0 spiro atoms. The Kier molecular flexibility index (Phi) is 3.86. The summed E-state index contributed by atoms with van der Waals surface area (Å²) in [7, 11) is 0. The number of fused-ring (bicyclic) bond motifs is 1. The van der Waals surface area contributed by atoms with E-state index in [1.807, 2.05) is 4.90 Å². The van der Waals surface area contributed by atoms with E-state index in [2.05, 4.69) is 16.3 Å². The van der Waals surface area contributed by atoms with Crippen LogP contribution in [0.5, 0.6) is 0 Å². The van der Waals surface area contributed by atoms with Gasteiger partial charge in [-0.05, 0) is 42.8 Å². The van der Waals surface area contributed by atoms with Gasteiger partial charge in [0, 0.05) is 24.5 Å². The van der Waals surface area contributed by atoms with Crippen LogP contribution < -0.4 is 0 Å². The molecule has 2 aliphatic heterocycles. The van der Waals surface area contributed by atoms with Crippen molar-refractivity contribution in [2.45, 2.75) is 31.9 Å². The Morgan fingerprint density at radius 1 is 1.47 bits per heavy atom. The van der Waals surface area contributed by atoms with Crippen molar-refractivity contribution < 1.29 is 9.90 Å². The number of amides is 1. The molecule has 1 saturated heterocycles. The molecule has 1 N–H and O–H groups in total. The average Bonchev–Trinajstić information content (AvgIpc) is 2.85. The molecule has 0 aliphatic carbocycles. The number of β-amino-alcohol motifs (C(OH)–C–C–N with tert-alkyl or cyclic N) is 1. The van der Waals surface area contributed by atoms with Crippen LogP contribution in [0.3, 0.4) is 0 Å². The molecule has 0 unspecified atom stereocenters. The average molecular weight is 280 g/mol. The minimum absolute atomic E-state index is 0.200. The summed E-state index contributed by atoms with van der Waals surface area (Å²) in [4.78, 5) is 17.8. The van der Waals surface area contributed by atoms with E-state index in [-0.39, 0.29) is 12.0 Å². The lowest BCUT2D eigenvalue weighted by Gasteiger charge is -2.33. The van der Waals surface area contributed by atoms with E-state index in [1.54, 1.807) is 11.3 Å². The Bertz CT molecular complexity index is 460. The van der Waals surface area contributed by atoms with Gasteiger partial charge in [0.05, 0.1) is 12.6 Å². The Morgan fingerprint density at radius 2 is 2.37 bits per heavy atom. The Morgan fingerprint density at radius 3 is 3.21 bits per heavy atom. The second-order valence-electron chi connectivity index (χ2n) is 5.47. The number of nitrogens with zero attached hydrogens (tertiary/aromatic N) is 2. The molecule has 0 bridgehead atoms. The number of likely N-dealkylation sites (tertiary alicyclic amines) is 1. The highest BCUT2D eigenvalue weighted by Gasteiger charge is 2.25. The maximum absolute atomic E-state index is 12.3. The minimum Gasteiger partial charge on any atom is -0.392 e. The molecule has 1 amide bonds. The number of aliphatic hydroxyl groups excluding tert-OH is 1. The zero-order valence-corrected chi connectivity index (χ0v) is 11.9. The van der Waals surface area contributed by atoms with Gasteiger partial charge in [-0.2, -0.15) is 0 Å².